The molecule has 0 saturated carbocycles. The summed E-state index contributed by atoms with van der Waals surface area (Å²) >= 11 is 0. The zero-order valence-corrected chi connectivity index (χ0v) is 11.1. The molecule has 1 aromatic carbocycles. The summed E-state index contributed by atoms with van der Waals surface area (Å²) in [5, 5.41) is 9.15. The quantitative estimate of drug-likeness (QED) is 0.839. The van der Waals surface area contributed by atoms with Gasteiger partial charge in [-0.25, -0.2) is 0 Å². The maximum Gasteiger partial charge on any atom is 0.310 e. The van der Waals surface area contributed by atoms with Gasteiger partial charge in [-0.15, -0.1) is 0 Å². The molecule has 0 saturated heterocycles. The number of carbonyl (C=O) groups excluding carboxylic acids is 2. The van der Waals surface area contributed by atoms with E-state index in [4.69, 9.17) is 5.11 Å². The Kier molecular flexibility index (Phi) is 2.92. The molecule has 0 radical (unpaired) electrons. The molecule has 1 aliphatic rings. The van der Waals surface area contributed by atoms with Gasteiger partial charge in [-0.3, -0.25) is 14.4 Å². The average molecular weight is 261 g/mol. The minimum absolute atomic E-state index is 0.0231. The molecular weight excluding hydrogens is 246 g/mol. The Balaban J connectivity index is 2.47. The molecule has 0 unspecified atom stereocenters. The van der Waals surface area contributed by atoms with Crippen LogP contribution in [0.4, 0.5) is 5.69 Å². The van der Waals surface area contributed by atoms with Gasteiger partial charge in [-0.1, -0.05) is 12.1 Å². The fourth-order valence-corrected chi connectivity index (χ4v) is 2.15. The Labute approximate surface area is 110 Å². The van der Waals surface area contributed by atoms with Gasteiger partial charge in [-0.05, 0) is 32.4 Å². The van der Waals surface area contributed by atoms with Crippen LogP contribution in [0.2, 0.25) is 0 Å². The number of aliphatic carboxylic acids is 1. The number of carboxylic acid groups (broad SMARTS) is 1. The molecule has 0 atom stereocenters. The minimum atomic E-state index is -1.11. The molecule has 0 spiro atoms. The summed E-state index contributed by atoms with van der Waals surface area (Å²) in [6.45, 7) is 4.84. The highest BCUT2D eigenvalue weighted by molar-refractivity contribution is 6.52. The molecule has 1 heterocycles. The van der Waals surface area contributed by atoms with Crippen molar-refractivity contribution in [1.29, 1.82) is 0 Å². The van der Waals surface area contributed by atoms with E-state index in [1.165, 1.54) is 18.7 Å². The van der Waals surface area contributed by atoms with Gasteiger partial charge >= 0.3 is 5.97 Å². The molecule has 1 aliphatic heterocycles. The number of amides is 1. The van der Waals surface area contributed by atoms with Gasteiger partial charge in [0.05, 0.1) is 16.7 Å². The second-order valence-electron chi connectivity index (χ2n) is 5.38. The molecule has 5 nitrogen and oxygen atoms in total. The van der Waals surface area contributed by atoms with Crippen LogP contribution in [0.25, 0.3) is 0 Å². The number of anilines is 1. The summed E-state index contributed by atoms with van der Waals surface area (Å²) in [6, 6.07) is 5.10. The summed E-state index contributed by atoms with van der Waals surface area (Å²) in [5.41, 5.74) is 0.565. The van der Waals surface area contributed by atoms with E-state index in [1.807, 2.05) is 0 Å². The number of hydrogen-bond donors (Lipinski definition) is 1. The highest BCUT2D eigenvalue weighted by Crippen LogP contribution is 2.34. The van der Waals surface area contributed by atoms with Gasteiger partial charge < -0.3 is 10.0 Å². The van der Waals surface area contributed by atoms with Crippen LogP contribution >= 0.6 is 0 Å². The average Bonchev–Trinajstić information content (AvgIpc) is 2.55. The molecule has 5 heteroatoms. The lowest BCUT2D eigenvalue weighted by atomic mass is 9.93. The SMILES string of the molecule is Cc1cccc2c1N(CC(C)(C)C(=O)O)C(=O)C2=O. The van der Waals surface area contributed by atoms with Crippen molar-refractivity contribution in [2.75, 3.05) is 11.4 Å². The van der Waals surface area contributed by atoms with Crippen LogP contribution in [-0.2, 0) is 9.59 Å². The van der Waals surface area contributed by atoms with Crippen molar-refractivity contribution < 1.29 is 19.5 Å². The number of hydrogen-bond acceptors (Lipinski definition) is 3. The predicted octanol–water partition coefficient (Wildman–Crippen LogP) is 1.64. The third kappa shape index (κ3) is 2.01. The topological polar surface area (TPSA) is 74.7 Å². The standard InChI is InChI=1S/C14H15NO4/c1-8-5-4-6-9-10(8)15(12(17)11(9)16)7-14(2,3)13(18)19/h4-6H,7H2,1-3H3,(H,18,19). The van der Waals surface area contributed by atoms with Crippen LogP contribution in [-0.4, -0.2) is 29.3 Å². The van der Waals surface area contributed by atoms with Crippen LogP contribution in [0.1, 0.15) is 29.8 Å². The van der Waals surface area contributed by atoms with E-state index < -0.39 is 23.1 Å². The number of carbonyl (C=O) groups is 3. The number of nitrogens with zero attached hydrogens (tertiary/aromatic N) is 1. The molecule has 19 heavy (non-hydrogen) atoms. The Morgan fingerprint density at radius 2 is 1.95 bits per heavy atom. The first-order valence-electron chi connectivity index (χ1n) is 5.95. The molecule has 1 amide bonds. The summed E-state index contributed by atoms with van der Waals surface area (Å²) in [5.74, 6) is -2.23. The number of para-hydroxylation sites is 1. The second-order valence-corrected chi connectivity index (χ2v) is 5.38. The van der Waals surface area contributed by atoms with Gasteiger partial charge in [0.15, 0.2) is 0 Å². The summed E-state index contributed by atoms with van der Waals surface area (Å²) in [6.07, 6.45) is 0. The fraction of sp³-hybridized carbons (Fsp3) is 0.357. The van der Waals surface area contributed by atoms with Gasteiger partial charge in [0.2, 0.25) is 0 Å². The zero-order chi connectivity index (χ0) is 14.4. The van der Waals surface area contributed by atoms with Crippen LogP contribution in [0.3, 0.4) is 0 Å². The fourth-order valence-electron chi connectivity index (χ4n) is 2.15. The van der Waals surface area contributed by atoms with E-state index in [-0.39, 0.29) is 6.54 Å². The first kappa shape index (κ1) is 13.3. The van der Waals surface area contributed by atoms with Crippen LogP contribution < -0.4 is 4.90 Å². The van der Waals surface area contributed by atoms with Crippen LogP contribution in [0.15, 0.2) is 18.2 Å². The molecule has 0 bridgehead atoms. The van der Waals surface area contributed by atoms with Crippen molar-refractivity contribution in [3.63, 3.8) is 0 Å². The smallest absolute Gasteiger partial charge is 0.310 e. The largest absolute Gasteiger partial charge is 0.481 e. The first-order valence-corrected chi connectivity index (χ1v) is 5.95. The van der Waals surface area contributed by atoms with Crippen molar-refractivity contribution >= 4 is 23.3 Å². The highest BCUT2D eigenvalue weighted by atomic mass is 16.4. The monoisotopic (exact) mass is 261 g/mol. The number of ketones is 1. The summed E-state index contributed by atoms with van der Waals surface area (Å²) < 4.78 is 0. The number of carboxylic acids is 1. The van der Waals surface area contributed by atoms with Crippen LogP contribution in [0.5, 0.6) is 0 Å². The normalized spacial score (nSPS) is 14.8. The summed E-state index contributed by atoms with van der Waals surface area (Å²) in [4.78, 5) is 36.3. The maximum atomic E-state index is 12.0. The number of Topliss-reactive ketones (excluding diaryl/α,β-unsaturated/α-hetero) is 1. The lowest BCUT2D eigenvalue weighted by Gasteiger charge is -2.27. The Bertz CT molecular complexity index is 589. The predicted molar refractivity (Wildman–Crippen MR) is 69.3 cm³/mol. The van der Waals surface area contributed by atoms with Crippen LogP contribution in [0, 0.1) is 12.3 Å². The van der Waals surface area contributed by atoms with E-state index in [1.54, 1.807) is 25.1 Å². The van der Waals surface area contributed by atoms with E-state index >= 15 is 0 Å². The number of fused-ring (bicyclic) bond motifs is 1. The van der Waals surface area contributed by atoms with E-state index in [0.29, 0.717) is 11.3 Å². The van der Waals surface area contributed by atoms with Crippen molar-refractivity contribution in [3.8, 4) is 0 Å². The number of rotatable bonds is 3. The van der Waals surface area contributed by atoms with Gasteiger partial charge in [0.1, 0.15) is 0 Å². The zero-order valence-electron chi connectivity index (χ0n) is 11.1. The number of aryl methyl sites for hydroxylation is 1. The van der Waals surface area contributed by atoms with E-state index in [2.05, 4.69) is 0 Å². The van der Waals surface area contributed by atoms with Gasteiger partial charge in [-0.2, -0.15) is 0 Å². The molecule has 100 valence electrons. The third-order valence-electron chi connectivity index (χ3n) is 3.32. The molecule has 1 aromatic rings. The third-order valence-corrected chi connectivity index (χ3v) is 3.32. The molecule has 0 fully saturated rings. The number of benzene rings is 1. The minimum Gasteiger partial charge on any atom is -0.481 e. The lowest BCUT2D eigenvalue weighted by molar-refractivity contribution is -0.146. The van der Waals surface area contributed by atoms with Gasteiger partial charge in [0, 0.05) is 6.54 Å². The van der Waals surface area contributed by atoms with Crippen molar-refractivity contribution in [1.82, 2.24) is 0 Å². The lowest BCUT2D eigenvalue weighted by Crippen LogP contribution is -2.42. The van der Waals surface area contributed by atoms with Gasteiger partial charge in [0.25, 0.3) is 11.7 Å². The molecular formula is C14H15NO4. The molecule has 0 aliphatic carbocycles. The molecule has 0 aromatic heterocycles. The maximum absolute atomic E-state index is 12.0. The molecule has 1 N–H and O–H groups in total. The Morgan fingerprint density at radius 3 is 2.53 bits per heavy atom. The Hall–Kier alpha value is -2.17. The first-order chi connectivity index (χ1) is 8.75. The van der Waals surface area contributed by atoms with E-state index in [9.17, 15) is 14.4 Å². The second kappa shape index (κ2) is 4.19. The summed E-state index contributed by atoms with van der Waals surface area (Å²) in [7, 11) is 0. The van der Waals surface area contributed by atoms with Crippen molar-refractivity contribution in [2.45, 2.75) is 20.8 Å². The van der Waals surface area contributed by atoms with Crippen molar-refractivity contribution in [3.05, 3.63) is 29.3 Å². The van der Waals surface area contributed by atoms with Crippen molar-refractivity contribution in [2.24, 2.45) is 5.41 Å². The highest BCUT2D eigenvalue weighted by Gasteiger charge is 2.41. The molecule has 2 rings (SSSR count). The van der Waals surface area contributed by atoms with E-state index in [0.717, 1.165) is 5.56 Å². The Morgan fingerprint density at radius 1 is 1.32 bits per heavy atom.